The molecule has 3 aromatic heterocycles. The van der Waals surface area contributed by atoms with E-state index in [0.717, 1.165) is 13.7 Å². The van der Waals surface area contributed by atoms with Gasteiger partial charge in [-0.15, -0.1) is 0 Å². The molecule has 12 aromatic rings. The Balaban J connectivity index is 1.28. The van der Waals surface area contributed by atoms with E-state index in [1.807, 2.05) is 0 Å². The molecule has 0 radical (unpaired) electrons. The van der Waals surface area contributed by atoms with E-state index >= 15 is 0 Å². The molecule has 0 atom stereocenters. The molecule has 12 rings (SSSR count). The minimum absolute atomic E-state index is 0.0321. The highest BCUT2D eigenvalue weighted by Crippen LogP contribution is 2.43. The van der Waals surface area contributed by atoms with Crippen LogP contribution in [0.5, 0.6) is 0 Å². The summed E-state index contributed by atoms with van der Waals surface area (Å²) in [7, 11) is 0. The van der Waals surface area contributed by atoms with Crippen molar-refractivity contribution in [3.05, 3.63) is 212 Å². The number of nitrogens with zero attached hydrogens (tertiary/aromatic N) is 3. The molecule has 9 aromatic carbocycles. The lowest BCUT2D eigenvalue weighted by Gasteiger charge is -2.15. The minimum atomic E-state index is -1.02. The lowest BCUT2D eigenvalue weighted by molar-refractivity contribution is 1.14. The monoisotopic (exact) mass is 756 g/mol. The Bertz CT molecular complexity index is 5190. The fraction of sp³-hybridized carbons (Fsp3) is 0. The Kier molecular flexibility index (Phi) is 3.02. The largest absolute Gasteiger partial charge is 0.309 e. The van der Waals surface area contributed by atoms with Crippen LogP contribution in [0.15, 0.2) is 212 Å². The maximum absolute atomic E-state index is 9.91. The molecule has 57 heavy (non-hydrogen) atoms. The summed E-state index contributed by atoms with van der Waals surface area (Å²) in [5, 5.41) is -3.25. The zero-order chi connectivity index (χ0) is 64.4. The lowest BCUT2D eigenvalue weighted by atomic mass is 10.0. The summed E-state index contributed by atoms with van der Waals surface area (Å²) in [5.41, 5.74) is -6.70. The summed E-state index contributed by atoms with van der Waals surface area (Å²) in [5.74, 6) is 0. The van der Waals surface area contributed by atoms with Gasteiger partial charge < -0.3 is 13.7 Å². The molecule has 0 N–H and O–H groups in total. The first-order valence-electron chi connectivity index (χ1n) is 32.6. The first-order chi connectivity index (χ1) is 41.2. The number of benzene rings is 9. The van der Waals surface area contributed by atoms with Gasteiger partial charge in [0.05, 0.1) is 87.0 Å². The standard InChI is InChI=1S/C54H35N3/c1-2-14-36(15-3-1)37-28-30-38(31-29-37)39-32-34-40(35-33-39)55-49-24-11-7-19-45(49)53-50(55)25-13-26-51(53)57-48-23-10-6-18-43(48)44-20-12-27-52(54(44)57)56-46-21-8-4-16-41(46)42-17-5-9-22-47(42)56/h1-35H/i1D,2D,3D,4D,5D,6D,7D,8D,9D,10D,11D,12D,13D,14D,15D,16D,17D,18D,19D,20D,21D,22D,23D,24D,25D,26D,27D,28D,29D,30D,31D. The van der Waals surface area contributed by atoms with Crippen molar-refractivity contribution < 1.29 is 42.5 Å². The first-order valence-corrected chi connectivity index (χ1v) is 17.1. The Hall–Kier alpha value is -7.62. The molecule has 0 aliphatic carbocycles. The van der Waals surface area contributed by atoms with Crippen molar-refractivity contribution in [2.45, 2.75) is 0 Å². The molecular weight excluding hydrogens is 691 g/mol. The zero-order valence-electron chi connectivity index (χ0n) is 59.7. The molecule has 3 nitrogen and oxygen atoms in total. The Morgan fingerprint density at radius 2 is 0.719 bits per heavy atom. The molecule has 3 heteroatoms. The number of aromatic nitrogens is 3. The summed E-state index contributed by atoms with van der Waals surface area (Å²) < 4.78 is 284. The predicted octanol–water partition coefficient (Wildman–Crippen LogP) is 14.3. The molecular formula is C54H35N3. The summed E-state index contributed by atoms with van der Waals surface area (Å²) in [6.45, 7) is 0. The molecule has 0 bridgehead atoms. The van der Waals surface area contributed by atoms with Crippen LogP contribution in [0.4, 0.5) is 0 Å². The molecule has 0 unspecified atom stereocenters. The molecule has 0 amide bonds. The smallest absolute Gasteiger partial charge is 0.0782 e. The van der Waals surface area contributed by atoms with Crippen molar-refractivity contribution in [3.8, 4) is 39.3 Å². The maximum atomic E-state index is 9.91. The van der Waals surface area contributed by atoms with Gasteiger partial charge in [0.15, 0.2) is 0 Å². The van der Waals surface area contributed by atoms with E-state index in [0.29, 0.717) is 0 Å². The van der Waals surface area contributed by atoms with Crippen molar-refractivity contribution in [1.82, 2.24) is 13.7 Å². The van der Waals surface area contributed by atoms with Gasteiger partial charge in [-0.1, -0.05) is 157 Å². The molecule has 3 heterocycles. The molecule has 266 valence electrons. The van der Waals surface area contributed by atoms with Crippen molar-refractivity contribution in [2.75, 3.05) is 0 Å². The predicted molar refractivity (Wildman–Crippen MR) is 240 cm³/mol. The normalized spacial score (nSPS) is 19.5. The average Bonchev–Trinajstić information content (AvgIpc) is 1.57. The van der Waals surface area contributed by atoms with E-state index in [1.165, 1.54) is 24.3 Å². The van der Waals surface area contributed by atoms with Crippen LogP contribution in [0.25, 0.3) is 105 Å². The van der Waals surface area contributed by atoms with Gasteiger partial charge in [0.1, 0.15) is 0 Å². The summed E-state index contributed by atoms with van der Waals surface area (Å²) >= 11 is 0. The molecule has 0 saturated heterocycles. The van der Waals surface area contributed by atoms with E-state index in [9.17, 15) is 16.4 Å². The van der Waals surface area contributed by atoms with Gasteiger partial charge in [-0.05, 0) is 76.7 Å². The van der Waals surface area contributed by atoms with Crippen molar-refractivity contribution in [3.63, 3.8) is 0 Å². The highest BCUT2D eigenvalue weighted by molar-refractivity contribution is 6.18. The highest BCUT2D eigenvalue weighted by atomic mass is 15.1. The molecule has 0 aliphatic rings. The number of hydrogen-bond acceptors (Lipinski definition) is 0. The summed E-state index contributed by atoms with van der Waals surface area (Å²) in [6, 6.07) is -21.6. The molecule has 0 fully saturated rings. The number of rotatable bonds is 5. The van der Waals surface area contributed by atoms with E-state index in [4.69, 9.17) is 26.0 Å². The van der Waals surface area contributed by atoms with Gasteiger partial charge in [0.25, 0.3) is 0 Å². The fourth-order valence-electron chi connectivity index (χ4n) is 7.30. The second kappa shape index (κ2) is 12.5. The second-order valence-electron chi connectivity index (χ2n) is 12.6. The fourth-order valence-corrected chi connectivity index (χ4v) is 7.30. The number of para-hydroxylation sites is 5. The van der Waals surface area contributed by atoms with Gasteiger partial charge in [0.2, 0.25) is 0 Å². The van der Waals surface area contributed by atoms with Gasteiger partial charge >= 0.3 is 0 Å². The van der Waals surface area contributed by atoms with Crippen LogP contribution in [0.2, 0.25) is 0 Å². The number of fused-ring (bicyclic) bond motifs is 9. The van der Waals surface area contributed by atoms with Gasteiger partial charge in [-0.2, -0.15) is 0 Å². The van der Waals surface area contributed by atoms with Crippen LogP contribution in [0, 0.1) is 0 Å². The van der Waals surface area contributed by atoms with E-state index < -0.39 is 275 Å². The first kappa shape index (κ1) is 13.8. The van der Waals surface area contributed by atoms with Crippen molar-refractivity contribution in [1.29, 1.82) is 0 Å². The second-order valence-corrected chi connectivity index (χ2v) is 12.6. The maximum Gasteiger partial charge on any atom is 0.0782 e. The van der Waals surface area contributed by atoms with Crippen molar-refractivity contribution >= 4 is 65.4 Å². The molecule has 0 aliphatic heterocycles. The van der Waals surface area contributed by atoms with E-state index in [1.54, 1.807) is 0 Å². The topological polar surface area (TPSA) is 14.8 Å². The zero-order valence-corrected chi connectivity index (χ0v) is 28.7. The van der Waals surface area contributed by atoms with Crippen LogP contribution in [0.1, 0.15) is 42.5 Å². The SMILES string of the molecule is [2H]c1c([2H])c([2H])c(-c2c([2H])c([2H])c(-c3ccc(-n4c5c([2H])c([2H])c([2H])c([2H])c5c5c(-n6c7c([2H])c([2H])c([2H])c([2H])c7c7c([2H])c([2H])c([2H])c(-n8c9c([2H])c([2H])c([2H])c([2H])c9c9c([2H])c([2H])c([2H])c([2H])c98)c76)c([2H])c([2H])c([2H])c54)cc3)c([2H])c2[2H])c([2H])c1[2H]. The van der Waals surface area contributed by atoms with Gasteiger partial charge in [-0.25, -0.2) is 0 Å². The quantitative estimate of drug-likeness (QED) is 0.166. The number of hydrogen-bond donors (Lipinski definition) is 0. The van der Waals surface area contributed by atoms with Crippen LogP contribution in [0.3, 0.4) is 0 Å². The molecule has 0 saturated carbocycles. The third-order valence-corrected chi connectivity index (χ3v) is 9.66. The van der Waals surface area contributed by atoms with Crippen LogP contribution >= 0.6 is 0 Å². The Morgan fingerprint density at radius 1 is 0.281 bits per heavy atom. The average molecular weight is 757 g/mol. The Morgan fingerprint density at radius 3 is 1.37 bits per heavy atom. The van der Waals surface area contributed by atoms with Crippen LogP contribution in [-0.2, 0) is 0 Å². The van der Waals surface area contributed by atoms with E-state index in [2.05, 4.69) is 0 Å². The van der Waals surface area contributed by atoms with Crippen molar-refractivity contribution in [2.24, 2.45) is 0 Å². The van der Waals surface area contributed by atoms with Gasteiger partial charge in [0, 0.05) is 38.0 Å². The van der Waals surface area contributed by atoms with Gasteiger partial charge in [-0.3, -0.25) is 0 Å². The van der Waals surface area contributed by atoms with Crippen LogP contribution < -0.4 is 0 Å². The third-order valence-electron chi connectivity index (χ3n) is 9.66. The summed E-state index contributed by atoms with van der Waals surface area (Å²) in [6.07, 6.45) is 0. The summed E-state index contributed by atoms with van der Waals surface area (Å²) in [4.78, 5) is 0. The molecule has 0 spiro atoms. The minimum Gasteiger partial charge on any atom is -0.309 e. The lowest BCUT2D eigenvalue weighted by Crippen LogP contribution is -2.01. The highest BCUT2D eigenvalue weighted by Gasteiger charge is 2.23. The Labute approximate surface area is 373 Å². The van der Waals surface area contributed by atoms with E-state index in [-0.39, 0.29) is 16.8 Å². The van der Waals surface area contributed by atoms with Crippen LogP contribution in [-0.4, -0.2) is 13.7 Å². The third kappa shape index (κ3) is 4.73.